The maximum Gasteiger partial charge on any atom is 0.323 e. The number of hydrogen-bond donors (Lipinski definition) is 3. The highest BCUT2D eigenvalue weighted by Crippen LogP contribution is 2.30. The molecule has 0 atom stereocenters. The second-order valence-corrected chi connectivity index (χ2v) is 11.9. The standard InChI is InChI=1S/C34H41N11O2/c1-43-24-28(23-40-43)26-7-12-31(37-21-26)45(34(46)39-20-25-5-3-2-4-6-25)30-10-8-29(9-11-30)41-33-38-22-27(19-35)32(42-33)36-13-14-44-15-17-47-18-16-44/h2-7,12,21-24,29-30H,8-11,13-18,20H2,1H3,(H,39,46)(H2,36,38,41,42)/t29-,30-. The predicted molar refractivity (Wildman–Crippen MR) is 180 cm³/mol. The van der Waals surface area contributed by atoms with Crippen LogP contribution in [-0.4, -0.2) is 87.1 Å². The van der Waals surface area contributed by atoms with Gasteiger partial charge in [-0.2, -0.15) is 15.3 Å². The number of carbonyl (C=O) groups is 1. The molecule has 1 saturated heterocycles. The Morgan fingerprint density at radius 1 is 1.02 bits per heavy atom. The molecule has 2 aliphatic rings. The van der Waals surface area contributed by atoms with Gasteiger partial charge in [0.15, 0.2) is 0 Å². The Labute approximate surface area is 275 Å². The van der Waals surface area contributed by atoms with E-state index >= 15 is 0 Å². The Kier molecular flexibility index (Phi) is 10.5. The molecule has 244 valence electrons. The van der Waals surface area contributed by atoms with Crippen LogP contribution in [0.25, 0.3) is 11.1 Å². The normalized spacial score (nSPS) is 18.2. The number of aryl methyl sites for hydroxylation is 1. The van der Waals surface area contributed by atoms with Crippen molar-refractivity contribution in [3.8, 4) is 17.2 Å². The number of aromatic nitrogens is 5. The summed E-state index contributed by atoms with van der Waals surface area (Å²) < 4.78 is 7.18. The summed E-state index contributed by atoms with van der Waals surface area (Å²) in [7, 11) is 1.88. The van der Waals surface area contributed by atoms with E-state index in [0.717, 1.165) is 75.2 Å². The van der Waals surface area contributed by atoms with Crippen molar-refractivity contribution in [1.29, 1.82) is 5.26 Å². The molecular formula is C34H41N11O2. The van der Waals surface area contributed by atoms with Crippen LogP contribution in [0.5, 0.6) is 0 Å². The molecule has 0 radical (unpaired) electrons. The quantitative estimate of drug-likeness (QED) is 0.221. The number of rotatable bonds is 11. The summed E-state index contributed by atoms with van der Waals surface area (Å²) in [5.41, 5.74) is 3.36. The highest BCUT2D eigenvalue weighted by Gasteiger charge is 2.31. The van der Waals surface area contributed by atoms with E-state index < -0.39 is 0 Å². The van der Waals surface area contributed by atoms with Gasteiger partial charge >= 0.3 is 6.03 Å². The van der Waals surface area contributed by atoms with Crippen molar-refractivity contribution in [2.24, 2.45) is 7.05 Å². The van der Waals surface area contributed by atoms with Crippen LogP contribution in [0, 0.1) is 11.3 Å². The van der Waals surface area contributed by atoms with Crippen LogP contribution in [0.4, 0.5) is 22.4 Å². The number of anilines is 3. The average molecular weight is 636 g/mol. The molecule has 6 rings (SSSR count). The minimum Gasteiger partial charge on any atom is -0.379 e. The lowest BCUT2D eigenvalue weighted by Gasteiger charge is -2.36. The molecule has 2 amide bonds. The Hall–Kier alpha value is -5.06. The lowest BCUT2D eigenvalue weighted by atomic mass is 9.90. The molecular weight excluding hydrogens is 594 g/mol. The van der Waals surface area contributed by atoms with E-state index in [1.54, 1.807) is 28.2 Å². The molecule has 1 aromatic carbocycles. The van der Waals surface area contributed by atoms with E-state index in [-0.39, 0.29) is 18.1 Å². The average Bonchev–Trinajstić information content (AvgIpc) is 3.55. The zero-order valence-electron chi connectivity index (χ0n) is 26.7. The van der Waals surface area contributed by atoms with Gasteiger partial charge in [0, 0.05) is 75.4 Å². The van der Waals surface area contributed by atoms with E-state index in [1.165, 1.54) is 0 Å². The van der Waals surface area contributed by atoms with Crippen LogP contribution in [0.15, 0.2) is 67.3 Å². The van der Waals surface area contributed by atoms with Gasteiger partial charge in [-0.25, -0.2) is 14.8 Å². The van der Waals surface area contributed by atoms with Gasteiger partial charge in [-0.3, -0.25) is 14.5 Å². The topological polar surface area (TPSA) is 149 Å². The molecule has 1 aliphatic carbocycles. The summed E-state index contributed by atoms with van der Waals surface area (Å²) in [5, 5.41) is 23.8. The fourth-order valence-corrected chi connectivity index (χ4v) is 6.07. The Balaban J connectivity index is 1.10. The molecule has 4 aromatic rings. The smallest absolute Gasteiger partial charge is 0.323 e. The van der Waals surface area contributed by atoms with Gasteiger partial charge in [0.05, 0.1) is 25.6 Å². The highest BCUT2D eigenvalue weighted by molar-refractivity contribution is 5.91. The minimum atomic E-state index is -0.171. The first-order valence-corrected chi connectivity index (χ1v) is 16.2. The van der Waals surface area contributed by atoms with Gasteiger partial charge in [-0.1, -0.05) is 30.3 Å². The summed E-state index contributed by atoms with van der Waals surface area (Å²) in [6, 6.07) is 15.9. The Morgan fingerprint density at radius 3 is 2.53 bits per heavy atom. The molecule has 1 saturated carbocycles. The van der Waals surface area contributed by atoms with Crippen LogP contribution >= 0.6 is 0 Å². The monoisotopic (exact) mass is 635 g/mol. The second kappa shape index (κ2) is 15.5. The third-order valence-corrected chi connectivity index (χ3v) is 8.67. The van der Waals surface area contributed by atoms with Crippen LogP contribution in [0.3, 0.4) is 0 Å². The minimum absolute atomic E-state index is 0.0279. The van der Waals surface area contributed by atoms with Gasteiger partial charge < -0.3 is 20.7 Å². The molecule has 47 heavy (non-hydrogen) atoms. The second-order valence-electron chi connectivity index (χ2n) is 11.9. The fraction of sp³-hybridized carbons (Fsp3) is 0.412. The molecule has 13 nitrogen and oxygen atoms in total. The number of amides is 2. The predicted octanol–water partition coefficient (Wildman–Crippen LogP) is 4.03. The number of pyridine rings is 1. The number of nitrogens with zero attached hydrogens (tertiary/aromatic N) is 8. The van der Waals surface area contributed by atoms with Gasteiger partial charge in [0.1, 0.15) is 23.3 Å². The zero-order chi connectivity index (χ0) is 32.4. The molecule has 4 heterocycles. The van der Waals surface area contributed by atoms with Crippen LogP contribution < -0.4 is 20.9 Å². The van der Waals surface area contributed by atoms with Crippen molar-refractivity contribution in [2.45, 2.75) is 44.3 Å². The third kappa shape index (κ3) is 8.41. The van der Waals surface area contributed by atoms with Crippen LogP contribution in [-0.2, 0) is 18.3 Å². The molecule has 3 N–H and O–H groups in total. The first kappa shape index (κ1) is 31.9. The van der Waals surface area contributed by atoms with Crippen molar-refractivity contribution >= 4 is 23.6 Å². The largest absolute Gasteiger partial charge is 0.379 e. The highest BCUT2D eigenvalue weighted by atomic mass is 16.5. The Bertz CT molecular complexity index is 1640. The van der Waals surface area contributed by atoms with E-state index in [4.69, 9.17) is 9.72 Å². The number of morpholine rings is 1. The van der Waals surface area contributed by atoms with E-state index in [1.807, 2.05) is 55.7 Å². The van der Waals surface area contributed by atoms with Crippen molar-refractivity contribution < 1.29 is 9.53 Å². The third-order valence-electron chi connectivity index (χ3n) is 8.67. The van der Waals surface area contributed by atoms with Crippen molar-refractivity contribution in [1.82, 2.24) is 34.9 Å². The summed E-state index contributed by atoms with van der Waals surface area (Å²) in [4.78, 5) is 31.7. The SMILES string of the molecule is Cn1cc(-c2ccc(N(C(=O)NCc3ccccc3)[C@H]3CC[C@H](Nc4ncc(C#N)c(NCCN5CCOCC5)n4)CC3)nc2)cn1. The van der Waals surface area contributed by atoms with Crippen molar-refractivity contribution in [3.05, 3.63) is 78.4 Å². The molecule has 0 unspecified atom stereocenters. The molecule has 3 aromatic heterocycles. The summed E-state index contributed by atoms with van der Waals surface area (Å²) in [5.74, 6) is 1.64. The maximum atomic E-state index is 13.7. The van der Waals surface area contributed by atoms with Crippen molar-refractivity contribution in [2.75, 3.05) is 54.9 Å². The molecule has 2 fully saturated rings. The molecule has 1 aliphatic heterocycles. The van der Waals surface area contributed by atoms with Gasteiger partial charge in [0.2, 0.25) is 5.95 Å². The molecule has 0 spiro atoms. The number of ether oxygens (including phenoxy) is 1. The van der Waals surface area contributed by atoms with E-state index in [0.29, 0.717) is 36.2 Å². The van der Waals surface area contributed by atoms with Gasteiger partial charge in [-0.05, 0) is 43.4 Å². The van der Waals surface area contributed by atoms with Crippen LogP contribution in [0.2, 0.25) is 0 Å². The molecule has 13 heteroatoms. The van der Waals surface area contributed by atoms with Crippen LogP contribution in [0.1, 0.15) is 36.8 Å². The summed E-state index contributed by atoms with van der Waals surface area (Å²) >= 11 is 0. The zero-order valence-corrected chi connectivity index (χ0v) is 26.7. The number of nitriles is 1. The first-order chi connectivity index (χ1) is 23.1. The van der Waals surface area contributed by atoms with Crippen molar-refractivity contribution in [3.63, 3.8) is 0 Å². The Morgan fingerprint density at radius 2 is 1.83 bits per heavy atom. The van der Waals surface area contributed by atoms with Gasteiger partial charge in [0.25, 0.3) is 0 Å². The first-order valence-electron chi connectivity index (χ1n) is 16.2. The van der Waals surface area contributed by atoms with Gasteiger partial charge in [-0.15, -0.1) is 0 Å². The number of nitrogens with one attached hydrogen (secondary N) is 3. The fourth-order valence-electron chi connectivity index (χ4n) is 6.07. The lowest BCUT2D eigenvalue weighted by molar-refractivity contribution is 0.0398. The summed E-state index contributed by atoms with van der Waals surface area (Å²) in [6.45, 7) is 5.27. The van der Waals surface area contributed by atoms with E-state index in [9.17, 15) is 10.1 Å². The number of urea groups is 1. The molecule has 0 bridgehead atoms. The number of hydrogen-bond acceptors (Lipinski definition) is 10. The lowest BCUT2D eigenvalue weighted by Crippen LogP contribution is -2.49. The number of benzene rings is 1. The van der Waals surface area contributed by atoms with E-state index in [2.05, 4.69) is 42.0 Å². The summed E-state index contributed by atoms with van der Waals surface area (Å²) in [6.07, 6.45) is 10.3. The maximum absolute atomic E-state index is 13.7. The number of carbonyl (C=O) groups excluding carboxylic acids is 1.